The quantitative estimate of drug-likeness (QED) is 0.356. The van der Waals surface area contributed by atoms with E-state index < -0.39 is 5.97 Å². The number of benzene rings is 1. The average molecular weight is 322 g/mol. The molecule has 0 aliphatic heterocycles. The molecule has 0 fully saturated rings. The first-order valence-electron chi connectivity index (χ1n) is 7.69. The molecule has 5 nitrogen and oxygen atoms in total. The molecule has 0 amide bonds. The van der Waals surface area contributed by atoms with Crippen LogP contribution in [0.2, 0.25) is 0 Å². The zero-order chi connectivity index (χ0) is 17.1. The molecule has 0 spiro atoms. The fraction of sp³-hybridized carbons (Fsp3) is 0.500. The third-order valence-electron chi connectivity index (χ3n) is 3.06. The van der Waals surface area contributed by atoms with Gasteiger partial charge in [-0.05, 0) is 31.9 Å². The molecule has 0 unspecified atom stereocenters. The van der Waals surface area contributed by atoms with E-state index in [-0.39, 0.29) is 6.61 Å². The lowest BCUT2D eigenvalue weighted by molar-refractivity contribution is -0.140. The van der Waals surface area contributed by atoms with Gasteiger partial charge in [0.05, 0.1) is 26.4 Å². The molecule has 1 aromatic carbocycles. The molecule has 0 aromatic heterocycles. The van der Waals surface area contributed by atoms with Crippen LogP contribution < -0.4 is 4.74 Å². The lowest BCUT2D eigenvalue weighted by atomic mass is 10.1. The van der Waals surface area contributed by atoms with Gasteiger partial charge in [-0.25, -0.2) is 4.79 Å². The Labute approximate surface area is 138 Å². The summed E-state index contributed by atoms with van der Waals surface area (Å²) in [6.07, 6.45) is 0. The van der Waals surface area contributed by atoms with Crippen molar-refractivity contribution in [2.24, 2.45) is 0 Å². The minimum atomic E-state index is -0.395. The molecule has 1 aromatic rings. The summed E-state index contributed by atoms with van der Waals surface area (Å²) in [6, 6.07) is 6.06. The average Bonchev–Trinajstić information content (AvgIpc) is 2.51. The predicted octanol–water partition coefficient (Wildman–Crippen LogP) is 2.83. The van der Waals surface area contributed by atoms with Crippen molar-refractivity contribution < 1.29 is 23.7 Å². The molecule has 0 saturated heterocycles. The van der Waals surface area contributed by atoms with E-state index in [1.165, 1.54) is 0 Å². The Morgan fingerprint density at radius 3 is 2.04 bits per heavy atom. The van der Waals surface area contributed by atoms with Crippen molar-refractivity contribution in [3.05, 3.63) is 41.5 Å². The Balaban J connectivity index is 1.98. The largest absolute Gasteiger partial charge is 0.491 e. The van der Waals surface area contributed by atoms with Gasteiger partial charge in [0.15, 0.2) is 0 Å². The number of ether oxygens (including phenoxy) is 4. The Morgan fingerprint density at radius 2 is 1.48 bits per heavy atom. The number of hydrogen-bond acceptors (Lipinski definition) is 5. The third kappa shape index (κ3) is 7.81. The van der Waals surface area contributed by atoms with E-state index in [4.69, 9.17) is 18.9 Å². The molecule has 0 aliphatic carbocycles. The van der Waals surface area contributed by atoms with Crippen molar-refractivity contribution in [2.45, 2.75) is 20.8 Å². The highest BCUT2D eigenvalue weighted by molar-refractivity contribution is 5.86. The van der Waals surface area contributed by atoms with Crippen LogP contribution in [0.25, 0.3) is 0 Å². The standard InChI is InChI=1S/C18H26O5/c1-14(2)18(19)23-13-11-21-9-8-20-10-12-22-17-15(3)6-5-7-16(17)4/h5-7H,1,8-13H2,2-4H3. The molecule has 0 bridgehead atoms. The Kier molecular flexibility index (Phi) is 9.02. The fourth-order valence-corrected chi connectivity index (χ4v) is 1.87. The Bertz CT molecular complexity index is 490. The highest BCUT2D eigenvalue weighted by Gasteiger charge is 2.03. The van der Waals surface area contributed by atoms with Crippen LogP contribution in [0.5, 0.6) is 5.75 Å². The first-order valence-corrected chi connectivity index (χ1v) is 7.69. The second-order valence-corrected chi connectivity index (χ2v) is 5.21. The Morgan fingerprint density at radius 1 is 0.957 bits per heavy atom. The molecule has 0 atom stereocenters. The molecule has 5 heteroatoms. The zero-order valence-electron chi connectivity index (χ0n) is 14.2. The van der Waals surface area contributed by atoms with Crippen molar-refractivity contribution >= 4 is 5.97 Å². The van der Waals surface area contributed by atoms with Gasteiger partial charge in [0.25, 0.3) is 0 Å². The zero-order valence-corrected chi connectivity index (χ0v) is 14.2. The molecular formula is C18H26O5. The molecule has 0 heterocycles. The second kappa shape index (κ2) is 10.8. The lowest BCUT2D eigenvalue weighted by Crippen LogP contribution is -2.14. The van der Waals surface area contributed by atoms with Crippen LogP contribution >= 0.6 is 0 Å². The minimum Gasteiger partial charge on any atom is -0.491 e. The normalized spacial score (nSPS) is 10.4. The lowest BCUT2D eigenvalue weighted by Gasteiger charge is -2.12. The fourth-order valence-electron chi connectivity index (χ4n) is 1.87. The summed E-state index contributed by atoms with van der Waals surface area (Å²) in [5.41, 5.74) is 2.63. The van der Waals surface area contributed by atoms with Gasteiger partial charge in [0.2, 0.25) is 0 Å². The van der Waals surface area contributed by atoms with Gasteiger partial charge in [0.1, 0.15) is 19.0 Å². The SMILES string of the molecule is C=C(C)C(=O)OCCOCCOCCOc1c(C)cccc1C. The monoisotopic (exact) mass is 322 g/mol. The van der Waals surface area contributed by atoms with Crippen LogP contribution in [0.4, 0.5) is 0 Å². The maximum Gasteiger partial charge on any atom is 0.333 e. The summed E-state index contributed by atoms with van der Waals surface area (Å²) in [4.78, 5) is 11.1. The van der Waals surface area contributed by atoms with E-state index >= 15 is 0 Å². The second-order valence-electron chi connectivity index (χ2n) is 5.21. The number of para-hydroxylation sites is 1. The van der Waals surface area contributed by atoms with Crippen LogP contribution in [-0.2, 0) is 19.0 Å². The molecule has 0 radical (unpaired) electrons. The van der Waals surface area contributed by atoms with Gasteiger partial charge < -0.3 is 18.9 Å². The van der Waals surface area contributed by atoms with E-state index in [1.807, 2.05) is 32.0 Å². The van der Waals surface area contributed by atoms with Crippen molar-refractivity contribution in [3.8, 4) is 5.75 Å². The topological polar surface area (TPSA) is 54.0 Å². The predicted molar refractivity (Wildman–Crippen MR) is 88.8 cm³/mol. The highest BCUT2D eigenvalue weighted by Crippen LogP contribution is 2.21. The van der Waals surface area contributed by atoms with Crippen molar-refractivity contribution in [1.82, 2.24) is 0 Å². The van der Waals surface area contributed by atoms with E-state index in [9.17, 15) is 4.79 Å². The van der Waals surface area contributed by atoms with Crippen LogP contribution in [0.3, 0.4) is 0 Å². The smallest absolute Gasteiger partial charge is 0.333 e. The molecule has 0 aliphatic rings. The molecule has 128 valence electrons. The van der Waals surface area contributed by atoms with E-state index in [0.717, 1.165) is 16.9 Å². The van der Waals surface area contributed by atoms with Gasteiger partial charge in [0, 0.05) is 5.57 Å². The van der Waals surface area contributed by atoms with Crippen LogP contribution in [0.1, 0.15) is 18.1 Å². The molecular weight excluding hydrogens is 296 g/mol. The number of carbonyl (C=O) groups is 1. The summed E-state index contributed by atoms with van der Waals surface area (Å²) in [5, 5.41) is 0. The molecule has 0 N–H and O–H groups in total. The first kappa shape index (κ1) is 19.2. The summed E-state index contributed by atoms with van der Waals surface area (Å²) in [7, 11) is 0. The number of aryl methyl sites for hydroxylation is 2. The van der Waals surface area contributed by atoms with Crippen molar-refractivity contribution in [1.29, 1.82) is 0 Å². The Hall–Kier alpha value is -1.85. The van der Waals surface area contributed by atoms with Gasteiger partial charge in [-0.15, -0.1) is 0 Å². The number of rotatable bonds is 11. The van der Waals surface area contributed by atoms with Gasteiger partial charge >= 0.3 is 5.97 Å². The number of carbonyl (C=O) groups excluding carboxylic acids is 1. The first-order chi connectivity index (χ1) is 11.0. The van der Waals surface area contributed by atoms with Gasteiger partial charge in [-0.2, -0.15) is 0 Å². The van der Waals surface area contributed by atoms with E-state index in [0.29, 0.717) is 38.6 Å². The van der Waals surface area contributed by atoms with E-state index in [1.54, 1.807) is 6.92 Å². The van der Waals surface area contributed by atoms with Gasteiger partial charge in [-0.1, -0.05) is 24.8 Å². The maximum absolute atomic E-state index is 11.1. The van der Waals surface area contributed by atoms with E-state index in [2.05, 4.69) is 6.58 Å². The minimum absolute atomic E-state index is 0.224. The molecule has 23 heavy (non-hydrogen) atoms. The summed E-state index contributed by atoms with van der Waals surface area (Å²) >= 11 is 0. The van der Waals surface area contributed by atoms with Crippen LogP contribution in [0.15, 0.2) is 30.4 Å². The summed E-state index contributed by atoms with van der Waals surface area (Å²) in [5.74, 6) is 0.528. The van der Waals surface area contributed by atoms with Crippen LogP contribution in [0, 0.1) is 13.8 Å². The highest BCUT2D eigenvalue weighted by atomic mass is 16.6. The maximum atomic E-state index is 11.1. The van der Waals surface area contributed by atoms with Crippen molar-refractivity contribution in [3.63, 3.8) is 0 Å². The summed E-state index contributed by atoms with van der Waals surface area (Å²) in [6.45, 7) is 11.7. The molecule has 0 saturated carbocycles. The van der Waals surface area contributed by atoms with Gasteiger partial charge in [-0.3, -0.25) is 0 Å². The van der Waals surface area contributed by atoms with Crippen LogP contribution in [-0.4, -0.2) is 45.6 Å². The third-order valence-corrected chi connectivity index (χ3v) is 3.06. The van der Waals surface area contributed by atoms with Crippen molar-refractivity contribution in [2.75, 3.05) is 39.6 Å². The number of hydrogen-bond donors (Lipinski definition) is 0. The summed E-state index contributed by atoms with van der Waals surface area (Å²) < 4.78 is 21.3. The number of esters is 1. The molecule has 1 rings (SSSR count).